The number of sulfonamides is 1. The third-order valence-corrected chi connectivity index (χ3v) is 6.19. The van der Waals surface area contributed by atoms with Crippen molar-refractivity contribution in [2.75, 3.05) is 11.3 Å². The first kappa shape index (κ1) is 22.8. The number of anilines is 1. The number of nitrogens with one attached hydrogen (secondary N) is 2. The summed E-state index contributed by atoms with van der Waals surface area (Å²) in [6, 6.07) is 19.8. The van der Waals surface area contributed by atoms with Crippen molar-refractivity contribution >= 4 is 33.2 Å². The summed E-state index contributed by atoms with van der Waals surface area (Å²) < 4.78 is 33.0. The molecule has 162 valence electrons. The second kappa shape index (κ2) is 10.4. The standard InChI is InChI=1S/C23H23ClN2O4S/c1-2-30-16-19-6-4-3-5-18(19)15-25-23(27)17-7-13-22(14-8-17)31(28,29)26-21-11-9-20(24)10-12-21/h3-14,26H,2,15-16H2,1H3,(H,25,27). The van der Waals surface area contributed by atoms with Crippen LogP contribution in [0, 0.1) is 0 Å². The van der Waals surface area contributed by atoms with E-state index in [1.807, 2.05) is 31.2 Å². The molecule has 3 rings (SSSR count). The lowest BCUT2D eigenvalue weighted by molar-refractivity contribution is 0.0949. The number of carbonyl (C=O) groups excluding carboxylic acids is 1. The minimum atomic E-state index is -3.78. The second-order valence-corrected chi connectivity index (χ2v) is 8.84. The number of benzene rings is 3. The van der Waals surface area contributed by atoms with Crippen LogP contribution in [-0.2, 0) is 27.9 Å². The zero-order valence-corrected chi connectivity index (χ0v) is 18.5. The Morgan fingerprint density at radius 3 is 2.23 bits per heavy atom. The Hall–Kier alpha value is -2.87. The van der Waals surface area contributed by atoms with Crippen LogP contribution in [0.1, 0.15) is 28.4 Å². The van der Waals surface area contributed by atoms with Crippen molar-refractivity contribution in [3.05, 3.63) is 94.5 Å². The summed E-state index contributed by atoms with van der Waals surface area (Å²) in [5.41, 5.74) is 2.75. The molecule has 0 radical (unpaired) electrons. The molecule has 3 aromatic rings. The molecular formula is C23H23ClN2O4S. The van der Waals surface area contributed by atoms with E-state index in [1.54, 1.807) is 24.3 Å². The van der Waals surface area contributed by atoms with Crippen LogP contribution in [0.5, 0.6) is 0 Å². The van der Waals surface area contributed by atoms with E-state index in [9.17, 15) is 13.2 Å². The SMILES string of the molecule is CCOCc1ccccc1CNC(=O)c1ccc(S(=O)(=O)Nc2ccc(Cl)cc2)cc1. The van der Waals surface area contributed by atoms with Crippen molar-refractivity contribution in [1.29, 1.82) is 0 Å². The van der Waals surface area contributed by atoms with Gasteiger partial charge in [0.05, 0.1) is 11.5 Å². The molecule has 0 bridgehead atoms. The van der Waals surface area contributed by atoms with Crippen molar-refractivity contribution in [2.24, 2.45) is 0 Å². The van der Waals surface area contributed by atoms with Crippen molar-refractivity contribution in [3.63, 3.8) is 0 Å². The fraction of sp³-hybridized carbons (Fsp3) is 0.174. The molecule has 0 aromatic heterocycles. The number of rotatable bonds is 9. The highest BCUT2D eigenvalue weighted by molar-refractivity contribution is 7.92. The fourth-order valence-electron chi connectivity index (χ4n) is 2.88. The quantitative estimate of drug-likeness (QED) is 0.490. The van der Waals surface area contributed by atoms with Crippen molar-refractivity contribution in [1.82, 2.24) is 5.32 Å². The first-order valence-corrected chi connectivity index (χ1v) is 11.6. The highest BCUT2D eigenvalue weighted by atomic mass is 35.5. The van der Waals surface area contributed by atoms with Crippen molar-refractivity contribution in [3.8, 4) is 0 Å². The third-order valence-electron chi connectivity index (χ3n) is 4.54. The molecule has 0 aliphatic rings. The lowest BCUT2D eigenvalue weighted by Crippen LogP contribution is -2.23. The number of hydrogen-bond donors (Lipinski definition) is 2. The van der Waals surface area contributed by atoms with E-state index < -0.39 is 10.0 Å². The monoisotopic (exact) mass is 458 g/mol. The predicted octanol–water partition coefficient (Wildman–Crippen LogP) is 4.61. The summed E-state index contributed by atoms with van der Waals surface area (Å²) in [6.45, 7) is 3.37. The molecule has 0 atom stereocenters. The molecule has 0 aliphatic carbocycles. The molecule has 0 saturated heterocycles. The molecule has 0 aliphatic heterocycles. The summed E-state index contributed by atoms with van der Waals surface area (Å²) in [4.78, 5) is 12.6. The third kappa shape index (κ3) is 6.30. The summed E-state index contributed by atoms with van der Waals surface area (Å²) in [5, 5.41) is 3.38. The molecule has 0 saturated carbocycles. The lowest BCUT2D eigenvalue weighted by atomic mass is 10.1. The molecule has 0 fully saturated rings. The lowest BCUT2D eigenvalue weighted by Gasteiger charge is -2.11. The maximum atomic E-state index is 12.5. The summed E-state index contributed by atoms with van der Waals surface area (Å²) in [6.07, 6.45) is 0. The van der Waals surface area contributed by atoms with E-state index in [0.717, 1.165) is 11.1 Å². The van der Waals surface area contributed by atoms with E-state index in [4.69, 9.17) is 16.3 Å². The van der Waals surface area contributed by atoms with Gasteiger partial charge in [-0.15, -0.1) is 0 Å². The smallest absolute Gasteiger partial charge is 0.261 e. The largest absolute Gasteiger partial charge is 0.377 e. The number of halogens is 1. The van der Waals surface area contributed by atoms with E-state index >= 15 is 0 Å². The number of hydrogen-bond acceptors (Lipinski definition) is 4. The summed E-state index contributed by atoms with van der Waals surface area (Å²) in [5.74, 6) is -0.291. The first-order valence-electron chi connectivity index (χ1n) is 9.70. The van der Waals surface area contributed by atoms with Gasteiger partial charge in [-0.3, -0.25) is 9.52 Å². The van der Waals surface area contributed by atoms with Crippen LogP contribution < -0.4 is 10.0 Å². The van der Waals surface area contributed by atoms with Gasteiger partial charge in [-0.05, 0) is 66.6 Å². The van der Waals surface area contributed by atoms with Gasteiger partial charge < -0.3 is 10.1 Å². The van der Waals surface area contributed by atoms with E-state index in [2.05, 4.69) is 10.0 Å². The van der Waals surface area contributed by atoms with Crippen molar-refractivity contribution < 1.29 is 17.9 Å². The average molecular weight is 459 g/mol. The average Bonchev–Trinajstić information content (AvgIpc) is 2.78. The normalized spacial score (nSPS) is 11.2. The highest BCUT2D eigenvalue weighted by Gasteiger charge is 2.15. The predicted molar refractivity (Wildman–Crippen MR) is 122 cm³/mol. The maximum Gasteiger partial charge on any atom is 0.261 e. The van der Waals surface area contributed by atoms with Crippen LogP contribution in [0.25, 0.3) is 0 Å². The van der Waals surface area contributed by atoms with Gasteiger partial charge in [-0.2, -0.15) is 0 Å². The fourth-order valence-corrected chi connectivity index (χ4v) is 4.06. The highest BCUT2D eigenvalue weighted by Crippen LogP contribution is 2.19. The van der Waals surface area contributed by atoms with E-state index in [-0.39, 0.29) is 10.8 Å². The van der Waals surface area contributed by atoms with Crippen LogP contribution in [0.15, 0.2) is 77.7 Å². The zero-order valence-electron chi connectivity index (χ0n) is 17.0. The van der Waals surface area contributed by atoms with Crippen LogP contribution in [-0.4, -0.2) is 20.9 Å². The van der Waals surface area contributed by atoms with Crippen LogP contribution >= 0.6 is 11.6 Å². The molecule has 0 heterocycles. The van der Waals surface area contributed by atoms with Gasteiger partial charge >= 0.3 is 0 Å². The Morgan fingerprint density at radius 1 is 0.935 bits per heavy atom. The van der Waals surface area contributed by atoms with E-state index in [0.29, 0.717) is 36.0 Å². The molecule has 31 heavy (non-hydrogen) atoms. The Labute approximate surface area is 187 Å². The molecule has 2 N–H and O–H groups in total. The molecule has 6 nitrogen and oxygen atoms in total. The van der Waals surface area contributed by atoms with Crippen molar-refractivity contribution in [2.45, 2.75) is 25.0 Å². The minimum Gasteiger partial charge on any atom is -0.377 e. The number of ether oxygens (including phenoxy) is 1. The first-order chi connectivity index (χ1) is 14.9. The summed E-state index contributed by atoms with van der Waals surface area (Å²) in [7, 11) is -3.78. The van der Waals surface area contributed by atoms with Gasteiger partial charge in [0.2, 0.25) is 0 Å². The Bertz CT molecular complexity index is 1130. The summed E-state index contributed by atoms with van der Waals surface area (Å²) >= 11 is 5.82. The second-order valence-electron chi connectivity index (χ2n) is 6.73. The molecule has 0 spiro atoms. The molecular weight excluding hydrogens is 436 g/mol. The van der Waals surface area contributed by atoms with Gasteiger partial charge in [0.15, 0.2) is 0 Å². The number of amides is 1. The van der Waals surface area contributed by atoms with Crippen LogP contribution in [0.4, 0.5) is 5.69 Å². The van der Waals surface area contributed by atoms with Gasteiger partial charge in [-0.1, -0.05) is 35.9 Å². The molecule has 3 aromatic carbocycles. The van der Waals surface area contributed by atoms with E-state index in [1.165, 1.54) is 24.3 Å². The minimum absolute atomic E-state index is 0.0565. The Kier molecular flexibility index (Phi) is 7.68. The van der Waals surface area contributed by atoms with Gasteiger partial charge in [0.1, 0.15) is 0 Å². The Morgan fingerprint density at radius 2 is 1.58 bits per heavy atom. The zero-order chi connectivity index (χ0) is 22.3. The van der Waals surface area contributed by atoms with Gasteiger partial charge in [-0.25, -0.2) is 8.42 Å². The molecule has 0 unspecified atom stereocenters. The molecule has 8 heteroatoms. The van der Waals surface area contributed by atoms with Crippen LogP contribution in [0.3, 0.4) is 0 Å². The topological polar surface area (TPSA) is 84.5 Å². The Balaban J connectivity index is 1.64. The number of carbonyl (C=O) groups is 1. The van der Waals surface area contributed by atoms with Gasteiger partial charge in [0.25, 0.3) is 15.9 Å². The van der Waals surface area contributed by atoms with Crippen LogP contribution in [0.2, 0.25) is 5.02 Å². The van der Waals surface area contributed by atoms with Gasteiger partial charge in [0, 0.05) is 29.4 Å². The maximum absolute atomic E-state index is 12.5. The molecule has 1 amide bonds.